The molecule has 3 aliphatic rings. The molecule has 2 nitrogen and oxygen atoms in total. The second kappa shape index (κ2) is 4.33. The van der Waals surface area contributed by atoms with Crippen LogP contribution in [0.4, 0.5) is 0 Å². The standard InChI is InChI=1S/C14H22N2/c1-2-4-11-12-5-3-6-16-14(12)7-10-8-15-9-13(10)11/h2,10-13,15H,1,3-9H2/t10-,11?,12?,13-/m1/s1. The van der Waals surface area contributed by atoms with Gasteiger partial charge in [0.15, 0.2) is 0 Å². The zero-order valence-electron chi connectivity index (χ0n) is 9.99. The fourth-order valence-corrected chi connectivity index (χ4v) is 4.07. The summed E-state index contributed by atoms with van der Waals surface area (Å²) in [7, 11) is 0. The minimum Gasteiger partial charge on any atom is -0.316 e. The first-order valence-electron chi connectivity index (χ1n) is 6.75. The SMILES string of the molecule is C=CCC1C2CCCN=C2C[C@@H]2CNC[C@@H]12. The number of nitrogens with zero attached hydrogens (tertiary/aromatic N) is 1. The van der Waals surface area contributed by atoms with Crippen LogP contribution in [0.3, 0.4) is 0 Å². The van der Waals surface area contributed by atoms with E-state index in [1.807, 2.05) is 0 Å². The van der Waals surface area contributed by atoms with Gasteiger partial charge >= 0.3 is 0 Å². The van der Waals surface area contributed by atoms with Gasteiger partial charge in [0.25, 0.3) is 0 Å². The highest BCUT2D eigenvalue weighted by Crippen LogP contribution is 2.44. The van der Waals surface area contributed by atoms with Crippen LogP contribution in [0, 0.1) is 23.7 Å². The van der Waals surface area contributed by atoms with Crippen LogP contribution in [0.2, 0.25) is 0 Å². The Morgan fingerprint density at radius 2 is 2.38 bits per heavy atom. The Hall–Kier alpha value is -0.630. The maximum Gasteiger partial charge on any atom is 0.0389 e. The first-order chi connectivity index (χ1) is 7.90. The van der Waals surface area contributed by atoms with Gasteiger partial charge in [0.1, 0.15) is 0 Å². The highest BCUT2D eigenvalue weighted by atomic mass is 14.9. The second-order valence-electron chi connectivity index (χ2n) is 5.60. The van der Waals surface area contributed by atoms with E-state index in [2.05, 4.69) is 18.0 Å². The smallest absolute Gasteiger partial charge is 0.0389 e. The average molecular weight is 218 g/mol. The lowest BCUT2D eigenvalue weighted by Crippen LogP contribution is -2.41. The van der Waals surface area contributed by atoms with E-state index in [1.165, 1.54) is 38.8 Å². The largest absolute Gasteiger partial charge is 0.316 e. The Bertz CT molecular complexity index is 308. The quantitative estimate of drug-likeness (QED) is 0.706. The van der Waals surface area contributed by atoms with Gasteiger partial charge in [-0.15, -0.1) is 6.58 Å². The Morgan fingerprint density at radius 3 is 3.25 bits per heavy atom. The molecule has 2 unspecified atom stereocenters. The second-order valence-corrected chi connectivity index (χ2v) is 5.60. The van der Waals surface area contributed by atoms with Crippen molar-refractivity contribution in [3.63, 3.8) is 0 Å². The molecule has 1 N–H and O–H groups in total. The van der Waals surface area contributed by atoms with E-state index in [9.17, 15) is 0 Å². The fourth-order valence-electron chi connectivity index (χ4n) is 4.07. The van der Waals surface area contributed by atoms with Gasteiger partial charge in [0.05, 0.1) is 0 Å². The number of fused-ring (bicyclic) bond motifs is 2. The van der Waals surface area contributed by atoms with Gasteiger partial charge < -0.3 is 5.32 Å². The topological polar surface area (TPSA) is 24.4 Å². The molecule has 2 fully saturated rings. The third-order valence-corrected chi connectivity index (χ3v) is 4.79. The van der Waals surface area contributed by atoms with Crippen molar-refractivity contribution >= 4 is 5.71 Å². The highest BCUT2D eigenvalue weighted by Gasteiger charge is 2.44. The summed E-state index contributed by atoms with van der Waals surface area (Å²) in [5.74, 6) is 3.36. The van der Waals surface area contributed by atoms with Gasteiger partial charge in [-0.05, 0) is 56.5 Å². The molecule has 16 heavy (non-hydrogen) atoms. The first-order valence-corrected chi connectivity index (χ1v) is 6.75. The average Bonchev–Trinajstić information content (AvgIpc) is 2.77. The number of rotatable bonds is 2. The Kier molecular flexibility index (Phi) is 2.84. The molecule has 2 heteroatoms. The van der Waals surface area contributed by atoms with E-state index in [-0.39, 0.29) is 0 Å². The molecule has 0 amide bonds. The van der Waals surface area contributed by atoms with Crippen molar-refractivity contribution in [1.29, 1.82) is 0 Å². The molecule has 0 radical (unpaired) electrons. The van der Waals surface area contributed by atoms with Crippen molar-refractivity contribution in [1.82, 2.24) is 5.32 Å². The maximum atomic E-state index is 4.80. The van der Waals surface area contributed by atoms with E-state index >= 15 is 0 Å². The van der Waals surface area contributed by atoms with E-state index in [1.54, 1.807) is 5.71 Å². The van der Waals surface area contributed by atoms with E-state index in [0.717, 1.165) is 30.2 Å². The van der Waals surface area contributed by atoms with Crippen LogP contribution in [0.1, 0.15) is 25.7 Å². The monoisotopic (exact) mass is 218 g/mol. The zero-order valence-corrected chi connectivity index (χ0v) is 9.99. The lowest BCUT2D eigenvalue weighted by atomic mass is 9.64. The predicted molar refractivity (Wildman–Crippen MR) is 67.8 cm³/mol. The summed E-state index contributed by atoms with van der Waals surface area (Å²) in [5.41, 5.74) is 1.54. The van der Waals surface area contributed by atoms with Crippen molar-refractivity contribution in [3.05, 3.63) is 12.7 Å². The third-order valence-electron chi connectivity index (χ3n) is 4.79. The molecule has 1 saturated carbocycles. The van der Waals surface area contributed by atoms with Crippen LogP contribution in [0.25, 0.3) is 0 Å². The minimum atomic E-state index is 0.785. The Morgan fingerprint density at radius 1 is 1.44 bits per heavy atom. The van der Waals surface area contributed by atoms with Gasteiger partial charge in [-0.1, -0.05) is 6.08 Å². The first kappa shape index (κ1) is 10.5. The van der Waals surface area contributed by atoms with Crippen LogP contribution in [-0.4, -0.2) is 25.3 Å². The molecule has 2 heterocycles. The summed E-state index contributed by atoms with van der Waals surface area (Å²) in [5, 5.41) is 3.57. The summed E-state index contributed by atoms with van der Waals surface area (Å²) in [6, 6.07) is 0. The summed E-state index contributed by atoms with van der Waals surface area (Å²) in [6.45, 7) is 7.47. The van der Waals surface area contributed by atoms with E-state index in [4.69, 9.17) is 4.99 Å². The number of nitrogens with one attached hydrogen (secondary N) is 1. The summed E-state index contributed by atoms with van der Waals surface area (Å²) in [6.07, 6.45) is 7.26. The lowest BCUT2D eigenvalue weighted by molar-refractivity contribution is 0.198. The summed E-state index contributed by atoms with van der Waals surface area (Å²) >= 11 is 0. The fraction of sp³-hybridized carbons (Fsp3) is 0.786. The van der Waals surface area contributed by atoms with E-state index < -0.39 is 0 Å². The molecule has 0 bridgehead atoms. The molecular weight excluding hydrogens is 196 g/mol. The molecule has 0 aromatic rings. The molecule has 88 valence electrons. The van der Waals surface area contributed by atoms with Crippen LogP contribution >= 0.6 is 0 Å². The van der Waals surface area contributed by atoms with Gasteiger partial charge in [-0.25, -0.2) is 0 Å². The molecular formula is C14H22N2. The van der Waals surface area contributed by atoms with Gasteiger partial charge in [-0.3, -0.25) is 4.99 Å². The molecule has 0 spiro atoms. The summed E-state index contributed by atoms with van der Waals surface area (Å²) in [4.78, 5) is 4.80. The lowest BCUT2D eigenvalue weighted by Gasteiger charge is -2.42. The molecule has 0 aromatic heterocycles. The molecule has 1 aliphatic carbocycles. The Labute approximate surface area is 98.2 Å². The van der Waals surface area contributed by atoms with Crippen molar-refractivity contribution in [2.24, 2.45) is 28.7 Å². The van der Waals surface area contributed by atoms with Gasteiger partial charge in [-0.2, -0.15) is 0 Å². The van der Waals surface area contributed by atoms with Gasteiger partial charge in [0, 0.05) is 18.2 Å². The van der Waals surface area contributed by atoms with Crippen molar-refractivity contribution in [2.75, 3.05) is 19.6 Å². The number of hydrogen-bond donors (Lipinski definition) is 1. The van der Waals surface area contributed by atoms with E-state index in [0.29, 0.717) is 0 Å². The molecule has 3 rings (SSSR count). The van der Waals surface area contributed by atoms with Gasteiger partial charge in [0.2, 0.25) is 0 Å². The highest BCUT2D eigenvalue weighted by molar-refractivity contribution is 5.88. The molecule has 0 aromatic carbocycles. The van der Waals surface area contributed by atoms with Crippen LogP contribution in [0.5, 0.6) is 0 Å². The van der Waals surface area contributed by atoms with Crippen LogP contribution < -0.4 is 5.32 Å². The predicted octanol–water partition coefficient (Wildman–Crippen LogP) is 2.27. The van der Waals surface area contributed by atoms with Crippen LogP contribution in [-0.2, 0) is 0 Å². The summed E-state index contributed by atoms with van der Waals surface area (Å²) < 4.78 is 0. The van der Waals surface area contributed by atoms with Crippen molar-refractivity contribution in [3.8, 4) is 0 Å². The Balaban J connectivity index is 1.87. The normalized spacial score (nSPS) is 42.1. The number of allylic oxidation sites excluding steroid dienone is 1. The minimum absolute atomic E-state index is 0.785. The van der Waals surface area contributed by atoms with Crippen molar-refractivity contribution in [2.45, 2.75) is 25.7 Å². The number of hydrogen-bond acceptors (Lipinski definition) is 2. The number of aliphatic imine (C=N–C) groups is 1. The molecule has 1 saturated heterocycles. The molecule has 4 atom stereocenters. The van der Waals surface area contributed by atoms with Crippen LogP contribution in [0.15, 0.2) is 17.6 Å². The zero-order chi connectivity index (χ0) is 11.0. The third kappa shape index (κ3) is 1.64. The maximum absolute atomic E-state index is 4.80. The molecule has 2 aliphatic heterocycles. The van der Waals surface area contributed by atoms with Crippen molar-refractivity contribution < 1.29 is 0 Å².